The van der Waals surface area contributed by atoms with Crippen molar-refractivity contribution in [2.75, 3.05) is 0 Å². The molecule has 2 bridgehead atoms. The normalized spacial score (nSPS) is 27.3. The quantitative estimate of drug-likeness (QED) is 0.857. The molecule has 0 amide bonds. The molecule has 0 aliphatic carbocycles. The lowest BCUT2D eigenvalue weighted by Crippen LogP contribution is -2.25. The second-order valence-electron chi connectivity index (χ2n) is 5.63. The number of Topliss-reactive ketones (excluding diaryl/α,β-unsaturated/α-hetero) is 1. The fraction of sp³-hybridized carbons (Fsp3) is 0.312. The van der Waals surface area contributed by atoms with Gasteiger partial charge in [0.1, 0.15) is 0 Å². The maximum atomic E-state index is 14.0. The van der Waals surface area contributed by atoms with E-state index in [2.05, 4.69) is 15.3 Å². The minimum atomic E-state index is -0.520. The third-order valence-corrected chi connectivity index (χ3v) is 4.44. The van der Waals surface area contributed by atoms with Crippen molar-refractivity contribution in [3.63, 3.8) is 0 Å². The molecule has 1 N–H and O–H groups in total. The zero-order valence-electron chi connectivity index (χ0n) is 11.3. The highest BCUT2D eigenvalue weighted by atomic mass is 19.1. The summed E-state index contributed by atoms with van der Waals surface area (Å²) in [6.07, 6.45) is 6.62. The molecule has 2 aromatic heterocycles. The number of halogens is 1. The Morgan fingerprint density at radius 2 is 2.05 bits per heavy atom. The average molecular weight is 283 g/mol. The zero-order chi connectivity index (χ0) is 14.4. The standard InChI is InChI=1S/C16H14FN3O/c17-16-11(9-3-5-18-6-4-9)7-10(8-19-16)14-12-1-2-13(20-12)15(14)21/h3-8,12-14,20H,1-2H2. The van der Waals surface area contributed by atoms with Crippen LogP contribution in [0.4, 0.5) is 4.39 Å². The molecule has 5 heteroatoms. The SMILES string of the molecule is O=C1C2CCC(N2)C1c1cnc(F)c(-c2ccncc2)c1. The molecule has 2 saturated heterocycles. The number of ketones is 1. The molecule has 2 aromatic rings. The third-order valence-electron chi connectivity index (χ3n) is 4.44. The van der Waals surface area contributed by atoms with E-state index < -0.39 is 5.95 Å². The first-order chi connectivity index (χ1) is 10.2. The minimum Gasteiger partial charge on any atom is -0.304 e. The number of fused-ring (bicyclic) bond motifs is 2. The third kappa shape index (κ3) is 1.96. The van der Waals surface area contributed by atoms with E-state index in [-0.39, 0.29) is 23.8 Å². The zero-order valence-corrected chi connectivity index (χ0v) is 11.3. The molecule has 106 valence electrons. The number of pyridine rings is 2. The Morgan fingerprint density at radius 3 is 2.76 bits per heavy atom. The van der Waals surface area contributed by atoms with Crippen molar-refractivity contribution < 1.29 is 9.18 Å². The second kappa shape index (κ2) is 4.70. The van der Waals surface area contributed by atoms with Crippen molar-refractivity contribution in [3.8, 4) is 11.1 Å². The molecular formula is C16H14FN3O. The lowest BCUT2D eigenvalue weighted by Gasteiger charge is -2.19. The van der Waals surface area contributed by atoms with E-state index in [0.717, 1.165) is 24.0 Å². The van der Waals surface area contributed by atoms with Crippen LogP contribution in [0.5, 0.6) is 0 Å². The Kier molecular flexibility index (Phi) is 2.82. The van der Waals surface area contributed by atoms with Gasteiger partial charge in [-0.25, -0.2) is 4.98 Å². The van der Waals surface area contributed by atoms with Crippen LogP contribution in [0.1, 0.15) is 24.3 Å². The van der Waals surface area contributed by atoms with Gasteiger partial charge in [0.25, 0.3) is 0 Å². The van der Waals surface area contributed by atoms with Gasteiger partial charge in [-0.1, -0.05) is 0 Å². The molecule has 3 unspecified atom stereocenters. The van der Waals surface area contributed by atoms with E-state index in [1.165, 1.54) is 6.20 Å². The molecule has 21 heavy (non-hydrogen) atoms. The van der Waals surface area contributed by atoms with Crippen LogP contribution in [0, 0.1) is 5.95 Å². The highest BCUT2D eigenvalue weighted by Crippen LogP contribution is 2.38. The molecular weight excluding hydrogens is 269 g/mol. The minimum absolute atomic E-state index is 0.0329. The van der Waals surface area contributed by atoms with Gasteiger partial charge in [-0.3, -0.25) is 9.78 Å². The first-order valence-corrected chi connectivity index (χ1v) is 7.09. The molecule has 0 aromatic carbocycles. The number of nitrogens with one attached hydrogen (secondary N) is 1. The molecule has 3 atom stereocenters. The maximum Gasteiger partial charge on any atom is 0.220 e. The number of aromatic nitrogens is 2. The van der Waals surface area contributed by atoms with E-state index in [9.17, 15) is 9.18 Å². The fourth-order valence-corrected chi connectivity index (χ4v) is 3.44. The van der Waals surface area contributed by atoms with Crippen molar-refractivity contribution in [2.45, 2.75) is 30.8 Å². The van der Waals surface area contributed by atoms with Crippen LogP contribution >= 0.6 is 0 Å². The van der Waals surface area contributed by atoms with Gasteiger partial charge in [0, 0.05) is 30.2 Å². The summed E-state index contributed by atoms with van der Waals surface area (Å²) in [6, 6.07) is 5.37. The van der Waals surface area contributed by atoms with Gasteiger partial charge < -0.3 is 5.32 Å². The van der Waals surface area contributed by atoms with Crippen LogP contribution in [-0.4, -0.2) is 27.8 Å². The van der Waals surface area contributed by atoms with Crippen LogP contribution in [0.2, 0.25) is 0 Å². The van der Waals surface area contributed by atoms with E-state index in [1.807, 2.05) is 0 Å². The van der Waals surface area contributed by atoms with Crippen LogP contribution in [0.3, 0.4) is 0 Å². The second-order valence-corrected chi connectivity index (χ2v) is 5.63. The van der Waals surface area contributed by atoms with Gasteiger partial charge in [0.2, 0.25) is 5.95 Å². The van der Waals surface area contributed by atoms with Gasteiger partial charge in [0.05, 0.1) is 12.0 Å². The molecule has 4 nitrogen and oxygen atoms in total. The van der Waals surface area contributed by atoms with Crippen LogP contribution in [0.25, 0.3) is 11.1 Å². The molecule has 2 aliphatic heterocycles. The van der Waals surface area contributed by atoms with E-state index in [4.69, 9.17) is 0 Å². The Morgan fingerprint density at radius 1 is 1.24 bits per heavy atom. The van der Waals surface area contributed by atoms with Crippen LogP contribution < -0.4 is 5.32 Å². The Balaban J connectivity index is 1.77. The van der Waals surface area contributed by atoms with Gasteiger partial charge in [-0.15, -0.1) is 0 Å². The van der Waals surface area contributed by atoms with Crippen molar-refractivity contribution in [1.82, 2.24) is 15.3 Å². The highest BCUT2D eigenvalue weighted by Gasteiger charge is 2.47. The van der Waals surface area contributed by atoms with Crippen molar-refractivity contribution in [1.29, 1.82) is 0 Å². The van der Waals surface area contributed by atoms with E-state index in [1.54, 1.807) is 30.6 Å². The predicted molar refractivity (Wildman–Crippen MR) is 75.1 cm³/mol. The molecule has 2 aliphatic rings. The summed E-state index contributed by atoms with van der Waals surface area (Å²) >= 11 is 0. The van der Waals surface area contributed by atoms with E-state index >= 15 is 0 Å². The Hall–Kier alpha value is -2.14. The summed E-state index contributed by atoms with van der Waals surface area (Å²) in [5.41, 5.74) is 1.94. The average Bonchev–Trinajstić information content (AvgIpc) is 3.10. The van der Waals surface area contributed by atoms with Crippen molar-refractivity contribution in [3.05, 3.63) is 48.3 Å². The van der Waals surface area contributed by atoms with Gasteiger partial charge in [-0.2, -0.15) is 4.39 Å². The molecule has 0 radical (unpaired) electrons. The molecule has 0 saturated carbocycles. The van der Waals surface area contributed by atoms with Gasteiger partial charge in [-0.05, 0) is 42.2 Å². The molecule has 4 rings (SSSR count). The number of nitrogens with zero attached hydrogens (tertiary/aromatic N) is 2. The summed E-state index contributed by atoms with van der Waals surface area (Å²) in [5, 5.41) is 3.32. The lowest BCUT2D eigenvalue weighted by molar-refractivity contribution is -0.120. The predicted octanol–water partition coefficient (Wildman–Crippen LogP) is 2.07. The van der Waals surface area contributed by atoms with E-state index in [0.29, 0.717) is 5.56 Å². The smallest absolute Gasteiger partial charge is 0.220 e. The first kappa shape index (κ1) is 12.6. The number of hydrogen-bond acceptors (Lipinski definition) is 4. The summed E-state index contributed by atoms with van der Waals surface area (Å²) in [6.45, 7) is 0. The summed E-state index contributed by atoms with van der Waals surface area (Å²) < 4.78 is 14.0. The monoisotopic (exact) mass is 283 g/mol. The van der Waals surface area contributed by atoms with Crippen molar-refractivity contribution in [2.24, 2.45) is 0 Å². The number of carbonyl (C=O) groups is 1. The largest absolute Gasteiger partial charge is 0.304 e. The molecule has 2 fully saturated rings. The van der Waals surface area contributed by atoms with Gasteiger partial charge in [0.15, 0.2) is 5.78 Å². The summed E-state index contributed by atoms with van der Waals surface area (Å²) in [4.78, 5) is 20.1. The molecule has 0 spiro atoms. The number of carbonyl (C=O) groups excluding carboxylic acids is 1. The topological polar surface area (TPSA) is 54.9 Å². The van der Waals surface area contributed by atoms with Crippen LogP contribution in [-0.2, 0) is 4.79 Å². The highest BCUT2D eigenvalue weighted by molar-refractivity contribution is 5.94. The van der Waals surface area contributed by atoms with Crippen molar-refractivity contribution >= 4 is 5.78 Å². The Labute approximate surface area is 121 Å². The summed E-state index contributed by atoms with van der Waals surface area (Å²) in [7, 11) is 0. The summed E-state index contributed by atoms with van der Waals surface area (Å²) in [5.74, 6) is -0.508. The number of hydrogen-bond donors (Lipinski definition) is 1. The molecule has 4 heterocycles. The van der Waals surface area contributed by atoms with Gasteiger partial charge >= 0.3 is 0 Å². The lowest BCUT2D eigenvalue weighted by atomic mass is 9.83. The fourth-order valence-electron chi connectivity index (χ4n) is 3.44. The Bertz CT molecular complexity index is 704. The number of rotatable bonds is 2. The van der Waals surface area contributed by atoms with Crippen LogP contribution in [0.15, 0.2) is 36.8 Å². The first-order valence-electron chi connectivity index (χ1n) is 7.09. The maximum absolute atomic E-state index is 14.0.